The first kappa shape index (κ1) is 18.0. The molecule has 0 heterocycles. The van der Waals surface area contributed by atoms with Crippen LogP contribution in [-0.2, 0) is 14.6 Å². The number of para-hydroxylation sites is 1. The number of carbonyl (C=O) groups excluding carboxylic acids is 1. The predicted molar refractivity (Wildman–Crippen MR) is 94.1 cm³/mol. The highest BCUT2D eigenvalue weighted by Crippen LogP contribution is 2.17. The Morgan fingerprint density at radius 2 is 1.75 bits per heavy atom. The summed E-state index contributed by atoms with van der Waals surface area (Å²) >= 11 is 0. The van der Waals surface area contributed by atoms with E-state index in [0.29, 0.717) is 5.69 Å². The fourth-order valence-electron chi connectivity index (χ4n) is 2.11. The monoisotopic (exact) mass is 347 g/mol. The summed E-state index contributed by atoms with van der Waals surface area (Å²) in [6.45, 7) is 3.82. The first-order chi connectivity index (χ1) is 11.4. The number of rotatable bonds is 7. The van der Waals surface area contributed by atoms with Crippen LogP contribution in [0.4, 0.5) is 5.69 Å². The summed E-state index contributed by atoms with van der Waals surface area (Å²) in [5.41, 5.74) is 1.58. The number of benzene rings is 2. The minimum atomic E-state index is -3.23. The molecule has 128 valence electrons. The summed E-state index contributed by atoms with van der Waals surface area (Å²) in [6.07, 6.45) is 0.212. The van der Waals surface area contributed by atoms with Crippen LogP contribution in [0.3, 0.4) is 0 Å². The van der Waals surface area contributed by atoms with Crippen LogP contribution in [0.5, 0.6) is 5.75 Å². The second-order valence-corrected chi connectivity index (χ2v) is 7.62. The lowest BCUT2D eigenvalue weighted by Crippen LogP contribution is -2.15. The molecular weight excluding hydrogens is 326 g/mol. The summed E-state index contributed by atoms with van der Waals surface area (Å²) in [4.78, 5) is 12.2. The number of hydrogen-bond donors (Lipinski definition) is 1. The van der Waals surface area contributed by atoms with E-state index >= 15 is 0 Å². The molecule has 0 saturated heterocycles. The molecule has 1 amide bonds. The van der Waals surface area contributed by atoms with Crippen molar-refractivity contribution in [1.82, 2.24) is 0 Å². The van der Waals surface area contributed by atoms with Gasteiger partial charge in [0.2, 0.25) is 5.91 Å². The number of carbonyl (C=O) groups is 1. The Balaban J connectivity index is 1.85. The maximum atomic E-state index is 11.9. The smallest absolute Gasteiger partial charge is 0.227 e. The van der Waals surface area contributed by atoms with Crippen LogP contribution in [0.1, 0.15) is 18.9 Å². The van der Waals surface area contributed by atoms with Gasteiger partial charge in [0.05, 0.1) is 23.7 Å². The Hall–Kier alpha value is -2.34. The number of amides is 1. The second kappa shape index (κ2) is 7.97. The van der Waals surface area contributed by atoms with E-state index in [4.69, 9.17) is 4.74 Å². The van der Waals surface area contributed by atoms with Crippen molar-refractivity contribution in [2.75, 3.05) is 17.7 Å². The zero-order valence-electron chi connectivity index (χ0n) is 13.8. The minimum Gasteiger partial charge on any atom is -0.493 e. The molecule has 2 rings (SSSR count). The lowest BCUT2D eigenvalue weighted by atomic mass is 10.2. The first-order valence-electron chi connectivity index (χ1n) is 7.73. The van der Waals surface area contributed by atoms with E-state index in [1.807, 2.05) is 31.2 Å². The third-order valence-electron chi connectivity index (χ3n) is 3.56. The van der Waals surface area contributed by atoms with Gasteiger partial charge in [-0.3, -0.25) is 4.79 Å². The van der Waals surface area contributed by atoms with Crippen molar-refractivity contribution in [2.45, 2.75) is 25.2 Å². The average Bonchev–Trinajstić information content (AvgIpc) is 2.57. The summed E-state index contributed by atoms with van der Waals surface area (Å²) in [7, 11) is -3.23. The van der Waals surface area contributed by atoms with Gasteiger partial charge in [-0.2, -0.15) is 0 Å². The Kier molecular flexibility index (Phi) is 5.98. The third kappa shape index (κ3) is 4.83. The van der Waals surface area contributed by atoms with Gasteiger partial charge in [-0.1, -0.05) is 25.1 Å². The Morgan fingerprint density at radius 1 is 1.08 bits per heavy atom. The molecule has 2 aromatic carbocycles. The highest BCUT2D eigenvalue weighted by atomic mass is 32.2. The van der Waals surface area contributed by atoms with E-state index in [1.165, 1.54) is 12.1 Å². The van der Waals surface area contributed by atoms with Crippen molar-refractivity contribution in [3.05, 3.63) is 54.1 Å². The van der Waals surface area contributed by atoms with Gasteiger partial charge in [0, 0.05) is 5.69 Å². The van der Waals surface area contributed by atoms with Gasteiger partial charge in [0.15, 0.2) is 9.84 Å². The summed E-state index contributed by atoms with van der Waals surface area (Å²) < 4.78 is 29.1. The van der Waals surface area contributed by atoms with E-state index in [0.717, 1.165) is 11.3 Å². The Labute approximate surface area is 142 Å². The van der Waals surface area contributed by atoms with Gasteiger partial charge in [-0.05, 0) is 42.8 Å². The molecule has 0 unspecified atom stereocenters. The zero-order chi connectivity index (χ0) is 17.6. The van der Waals surface area contributed by atoms with Crippen LogP contribution >= 0.6 is 0 Å². The predicted octanol–water partition coefficient (Wildman–Crippen LogP) is 3.20. The number of nitrogens with one attached hydrogen (secondary N) is 1. The summed E-state index contributed by atoms with van der Waals surface area (Å²) in [5, 5.41) is 2.73. The van der Waals surface area contributed by atoms with Crippen molar-refractivity contribution in [3.8, 4) is 5.75 Å². The molecule has 0 bridgehead atoms. The van der Waals surface area contributed by atoms with Crippen LogP contribution in [0.25, 0.3) is 0 Å². The van der Waals surface area contributed by atoms with Crippen molar-refractivity contribution < 1.29 is 17.9 Å². The number of sulfone groups is 1. The molecule has 24 heavy (non-hydrogen) atoms. The average molecular weight is 347 g/mol. The number of aryl methyl sites for hydroxylation is 1. The number of anilines is 1. The van der Waals surface area contributed by atoms with Crippen molar-refractivity contribution in [2.24, 2.45) is 0 Å². The maximum Gasteiger partial charge on any atom is 0.227 e. The molecule has 1 N–H and O–H groups in total. The topological polar surface area (TPSA) is 72.5 Å². The molecule has 0 aromatic heterocycles. The van der Waals surface area contributed by atoms with Gasteiger partial charge in [-0.25, -0.2) is 8.42 Å². The molecule has 0 radical (unpaired) electrons. The minimum absolute atomic E-state index is 0.0505. The van der Waals surface area contributed by atoms with Gasteiger partial charge < -0.3 is 10.1 Å². The molecule has 0 atom stereocenters. The van der Waals surface area contributed by atoms with Gasteiger partial charge in [-0.15, -0.1) is 0 Å². The SMILES string of the molecule is CCS(=O)(=O)c1ccc(NC(=O)CCOc2ccccc2C)cc1. The highest BCUT2D eigenvalue weighted by molar-refractivity contribution is 7.91. The molecule has 0 fully saturated rings. The maximum absolute atomic E-state index is 11.9. The molecule has 0 aliphatic heterocycles. The van der Waals surface area contributed by atoms with Crippen LogP contribution in [0.15, 0.2) is 53.4 Å². The molecule has 0 spiro atoms. The zero-order valence-corrected chi connectivity index (χ0v) is 14.6. The van der Waals surface area contributed by atoms with E-state index in [-0.39, 0.29) is 29.6 Å². The van der Waals surface area contributed by atoms with Crippen LogP contribution in [-0.4, -0.2) is 26.7 Å². The van der Waals surface area contributed by atoms with Crippen LogP contribution < -0.4 is 10.1 Å². The second-order valence-electron chi connectivity index (χ2n) is 5.34. The largest absolute Gasteiger partial charge is 0.493 e. The molecular formula is C18H21NO4S. The van der Waals surface area contributed by atoms with Crippen LogP contribution in [0, 0.1) is 6.92 Å². The van der Waals surface area contributed by atoms with E-state index in [2.05, 4.69) is 5.32 Å². The highest BCUT2D eigenvalue weighted by Gasteiger charge is 2.11. The van der Waals surface area contributed by atoms with Crippen molar-refractivity contribution in [3.63, 3.8) is 0 Å². The first-order valence-corrected chi connectivity index (χ1v) is 9.38. The number of ether oxygens (including phenoxy) is 1. The molecule has 0 aliphatic carbocycles. The van der Waals surface area contributed by atoms with Gasteiger partial charge >= 0.3 is 0 Å². The van der Waals surface area contributed by atoms with E-state index in [9.17, 15) is 13.2 Å². The third-order valence-corrected chi connectivity index (χ3v) is 5.31. The Morgan fingerprint density at radius 3 is 2.38 bits per heavy atom. The Bertz CT molecular complexity index is 798. The fourth-order valence-corrected chi connectivity index (χ4v) is 2.99. The van der Waals surface area contributed by atoms with Crippen molar-refractivity contribution >= 4 is 21.4 Å². The van der Waals surface area contributed by atoms with Crippen LogP contribution in [0.2, 0.25) is 0 Å². The summed E-state index contributed by atoms with van der Waals surface area (Å²) in [6, 6.07) is 13.8. The van der Waals surface area contributed by atoms with Gasteiger partial charge in [0.1, 0.15) is 5.75 Å². The molecule has 0 saturated carbocycles. The lowest BCUT2D eigenvalue weighted by molar-refractivity contribution is -0.116. The summed E-state index contributed by atoms with van der Waals surface area (Å²) in [5.74, 6) is 0.628. The molecule has 2 aromatic rings. The molecule has 5 nitrogen and oxygen atoms in total. The number of hydrogen-bond acceptors (Lipinski definition) is 4. The van der Waals surface area contributed by atoms with Gasteiger partial charge in [0.25, 0.3) is 0 Å². The molecule has 0 aliphatic rings. The van der Waals surface area contributed by atoms with E-state index < -0.39 is 9.84 Å². The normalized spacial score (nSPS) is 11.1. The fraction of sp³-hybridized carbons (Fsp3) is 0.278. The molecule has 6 heteroatoms. The standard InChI is InChI=1S/C18H21NO4S/c1-3-24(21,22)16-10-8-15(9-11-16)19-18(20)12-13-23-17-7-5-4-6-14(17)2/h4-11H,3,12-13H2,1-2H3,(H,19,20). The van der Waals surface area contributed by atoms with E-state index in [1.54, 1.807) is 19.1 Å². The lowest BCUT2D eigenvalue weighted by Gasteiger charge is -2.09. The quantitative estimate of drug-likeness (QED) is 0.835. The van der Waals surface area contributed by atoms with Crippen molar-refractivity contribution in [1.29, 1.82) is 0 Å².